The van der Waals surface area contributed by atoms with Crippen LogP contribution in [-0.2, 0) is 6.42 Å². The predicted molar refractivity (Wildman–Crippen MR) is 87.7 cm³/mol. The molecule has 0 atom stereocenters. The monoisotopic (exact) mass is 285 g/mol. The van der Waals surface area contributed by atoms with Crippen molar-refractivity contribution in [3.8, 4) is 0 Å². The van der Waals surface area contributed by atoms with E-state index in [1.807, 2.05) is 19.2 Å². The summed E-state index contributed by atoms with van der Waals surface area (Å²) in [4.78, 5) is 4.35. The molecule has 1 aromatic carbocycles. The van der Waals surface area contributed by atoms with E-state index in [2.05, 4.69) is 46.5 Å². The number of guanidine groups is 1. The Morgan fingerprint density at radius 2 is 2.10 bits per heavy atom. The Labute approximate surface area is 125 Å². The molecule has 112 valence electrons. The number of aliphatic imine (C=N–C) groups is 1. The average molecular weight is 285 g/mol. The van der Waals surface area contributed by atoms with Crippen LogP contribution in [0.3, 0.4) is 0 Å². The van der Waals surface area contributed by atoms with Gasteiger partial charge in [0.25, 0.3) is 0 Å². The van der Waals surface area contributed by atoms with Gasteiger partial charge in [-0.3, -0.25) is 10.1 Å². The van der Waals surface area contributed by atoms with Crippen molar-refractivity contribution in [3.05, 3.63) is 46.8 Å². The van der Waals surface area contributed by atoms with Gasteiger partial charge in [0.2, 0.25) is 0 Å². The first-order valence-electron chi connectivity index (χ1n) is 7.19. The third-order valence-electron chi connectivity index (χ3n) is 3.60. The summed E-state index contributed by atoms with van der Waals surface area (Å²) in [7, 11) is 0. The fourth-order valence-electron chi connectivity index (χ4n) is 2.10. The molecule has 4 N–H and O–H groups in total. The van der Waals surface area contributed by atoms with E-state index in [1.54, 1.807) is 0 Å². The summed E-state index contributed by atoms with van der Waals surface area (Å²) in [5.41, 5.74) is 11.8. The van der Waals surface area contributed by atoms with Crippen LogP contribution in [0.25, 0.3) is 0 Å². The van der Waals surface area contributed by atoms with Crippen molar-refractivity contribution in [1.29, 1.82) is 0 Å². The smallest absolute Gasteiger partial charge is 0.193 e. The first kappa shape index (κ1) is 15.1. The highest BCUT2D eigenvalue weighted by atomic mass is 15.1. The molecular formula is C16H23N5. The van der Waals surface area contributed by atoms with E-state index in [0.29, 0.717) is 12.5 Å². The van der Waals surface area contributed by atoms with Crippen molar-refractivity contribution in [2.45, 2.75) is 33.6 Å². The Kier molecular flexibility index (Phi) is 4.98. The maximum atomic E-state index is 5.90. The van der Waals surface area contributed by atoms with Crippen molar-refractivity contribution in [1.82, 2.24) is 10.2 Å². The Bertz CT molecular complexity index is 627. The number of aromatic nitrogens is 2. The van der Waals surface area contributed by atoms with Gasteiger partial charge < -0.3 is 11.1 Å². The highest BCUT2D eigenvalue weighted by Crippen LogP contribution is 2.13. The number of anilines is 1. The normalized spacial score (nSPS) is 11.7. The maximum Gasteiger partial charge on any atom is 0.193 e. The van der Waals surface area contributed by atoms with Crippen LogP contribution >= 0.6 is 0 Å². The zero-order valence-corrected chi connectivity index (χ0v) is 12.9. The molecule has 0 bridgehead atoms. The fourth-order valence-corrected chi connectivity index (χ4v) is 2.10. The molecule has 0 spiro atoms. The second-order valence-corrected chi connectivity index (χ2v) is 5.31. The van der Waals surface area contributed by atoms with Gasteiger partial charge in [0, 0.05) is 17.9 Å². The molecule has 0 unspecified atom stereocenters. The van der Waals surface area contributed by atoms with Gasteiger partial charge in [0.05, 0.1) is 6.20 Å². The Hall–Kier alpha value is -2.30. The van der Waals surface area contributed by atoms with E-state index in [-0.39, 0.29) is 0 Å². The Morgan fingerprint density at radius 3 is 2.76 bits per heavy atom. The Balaban J connectivity index is 1.81. The second-order valence-electron chi connectivity index (χ2n) is 5.31. The van der Waals surface area contributed by atoms with Gasteiger partial charge in [-0.15, -0.1) is 0 Å². The highest BCUT2D eigenvalue weighted by Gasteiger charge is 2.00. The summed E-state index contributed by atoms with van der Waals surface area (Å²) < 4.78 is 0. The minimum Gasteiger partial charge on any atom is -0.370 e. The predicted octanol–water partition coefficient (Wildman–Crippen LogP) is 2.69. The highest BCUT2D eigenvalue weighted by molar-refractivity contribution is 5.92. The summed E-state index contributed by atoms with van der Waals surface area (Å²) in [5, 5.41) is 10.1. The minimum absolute atomic E-state index is 0.460. The van der Waals surface area contributed by atoms with Crippen LogP contribution in [0.4, 0.5) is 5.69 Å². The van der Waals surface area contributed by atoms with Crippen molar-refractivity contribution in [3.63, 3.8) is 0 Å². The summed E-state index contributed by atoms with van der Waals surface area (Å²) in [6.07, 6.45) is 3.79. The van der Waals surface area contributed by atoms with Gasteiger partial charge in [0.1, 0.15) is 0 Å². The van der Waals surface area contributed by atoms with Crippen molar-refractivity contribution in [2.75, 3.05) is 11.9 Å². The molecule has 0 saturated heterocycles. The van der Waals surface area contributed by atoms with Crippen LogP contribution < -0.4 is 11.1 Å². The quantitative estimate of drug-likeness (QED) is 0.449. The van der Waals surface area contributed by atoms with Gasteiger partial charge in [0.15, 0.2) is 5.96 Å². The zero-order chi connectivity index (χ0) is 15.2. The molecule has 0 aliphatic heterocycles. The molecule has 0 fully saturated rings. The molecule has 2 aromatic rings. The van der Waals surface area contributed by atoms with Crippen LogP contribution in [0, 0.1) is 20.8 Å². The Morgan fingerprint density at radius 1 is 1.29 bits per heavy atom. The molecule has 0 aliphatic carbocycles. The molecule has 0 radical (unpaired) electrons. The van der Waals surface area contributed by atoms with Crippen LogP contribution in [0.1, 0.15) is 28.8 Å². The maximum absolute atomic E-state index is 5.90. The van der Waals surface area contributed by atoms with Gasteiger partial charge in [-0.2, -0.15) is 5.10 Å². The van der Waals surface area contributed by atoms with Crippen LogP contribution in [0.5, 0.6) is 0 Å². The van der Waals surface area contributed by atoms with E-state index >= 15 is 0 Å². The number of nitrogens with one attached hydrogen (secondary N) is 2. The zero-order valence-electron chi connectivity index (χ0n) is 12.9. The topological polar surface area (TPSA) is 79.1 Å². The lowest BCUT2D eigenvalue weighted by molar-refractivity contribution is 0.828. The number of aromatic amines is 1. The van der Waals surface area contributed by atoms with Gasteiger partial charge in [-0.05, 0) is 62.4 Å². The molecule has 0 saturated carbocycles. The molecule has 0 aliphatic rings. The number of H-pyrrole nitrogens is 1. The van der Waals surface area contributed by atoms with Crippen molar-refractivity contribution < 1.29 is 0 Å². The number of nitrogens with two attached hydrogens (primary N) is 1. The van der Waals surface area contributed by atoms with Crippen LogP contribution in [0.15, 0.2) is 29.4 Å². The van der Waals surface area contributed by atoms with Gasteiger partial charge in [-0.1, -0.05) is 6.07 Å². The molecule has 1 heterocycles. The molecule has 5 heteroatoms. The van der Waals surface area contributed by atoms with Crippen molar-refractivity contribution in [2.24, 2.45) is 10.7 Å². The van der Waals surface area contributed by atoms with Crippen LogP contribution in [-0.4, -0.2) is 22.7 Å². The number of rotatable bonds is 5. The van der Waals surface area contributed by atoms with Gasteiger partial charge in [-0.25, -0.2) is 0 Å². The first-order valence-corrected chi connectivity index (χ1v) is 7.19. The minimum atomic E-state index is 0.460. The number of hydrogen-bond acceptors (Lipinski definition) is 2. The van der Waals surface area contributed by atoms with Gasteiger partial charge >= 0.3 is 0 Å². The van der Waals surface area contributed by atoms with E-state index in [9.17, 15) is 0 Å². The molecule has 2 rings (SSSR count). The number of benzene rings is 1. The van der Waals surface area contributed by atoms with Crippen molar-refractivity contribution >= 4 is 11.6 Å². The summed E-state index contributed by atoms with van der Waals surface area (Å²) in [5.74, 6) is 0.460. The lowest BCUT2D eigenvalue weighted by Crippen LogP contribution is -2.23. The lowest BCUT2D eigenvalue weighted by atomic mass is 10.1. The standard InChI is InChI=1S/C16H23N5/c1-11-6-7-15(9-12(11)2)20-16(17)18-8-4-5-14-10-19-21-13(14)3/h6-7,9-10H,4-5,8H2,1-3H3,(H,19,21)(H3,17,18,20). The first-order chi connectivity index (χ1) is 10.1. The molecular weight excluding hydrogens is 262 g/mol. The second kappa shape index (κ2) is 6.92. The summed E-state index contributed by atoms with van der Waals surface area (Å²) >= 11 is 0. The van der Waals surface area contributed by atoms with Crippen LogP contribution in [0.2, 0.25) is 0 Å². The average Bonchev–Trinajstić information content (AvgIpc) is 2.85. The summed E-state index contributed by atoms with van der Waals surface area (Å²) in [6, 6.07) is 6.17. The number of hydrogen-bond donors (Lipinski definition) is 3. The molecule has 1 aromatic heterocycles. The molecule has 21 heavy (non-hydrogen) atoms. The third kappa shape index (κ3) is 4.34. The largest absolute Gasteiger partial charge is 0.370 e. The lowest BCUT2D eigenvalue weighted by Gasteiger charge is -2.08. The molecule has 5 nitrogen and oxygen atoms in total. The van der Waals surface area contributed by atoms with E-state index in [1.165, 1.54) is 16.7 Å². The summed E-state index contributed by atoms with van der Waals surface area (Å²) in [6.45, 7) is 6.91. The van der Waals surface area contributed by atoms with E-state index in [4.69, 9.17) is 5.73 Å². The number of aryl methyl sites for hydroxylation is 4. The van der Waals surface area contributed by atoms with E-state index < -0.39 is 0 Å². The third-order valence-corrected chi connectivity index (χ3v) is 3.60. The number of nitrogens with zero attached hydrogens (tertiary/aromatic N) is 2. The SMILES string of the molecule is Cc1ccc(NC(N)=NCCCc2cn[nH]c2C)cc1C. The van der Waals surface area contributed by atoms with E-state index in [0.717, 1.165) is 24.2 Å². The molecule has 0 amide bonds. The fraction of sp³-hybridized carbons (Fsp3) is 0.375.